The standard InChI is InChI=1S/C18H12FN7/c19-14-4-2-1-3-13(14)18-24-23-17-8-7-16(25-26(17)18)21-12-5-6-15-11(9-12)10-20-22-15/h1-10H,(H,20,22)(H,21,25). The fraction of sp³-hybridized carbons (Fsp3) is 0. The number of nitrogens with one attached hydrogen (secondary N) is 2. The number of halogens is 1. The van der Waals surface area contributed by atoms with Gasteiger partial charge in [0, 0.05) is 11.1 Å². The van der Waals surface area contributed by atoms with Crippen molar-refractivity contribution in [2.75, 3.05) is 5.32 Å². The van der Waals surface area contributed by atoms with Crippen LogP contribution in [0.3, 0.4) is 0 Å². The van der Waals surface area contributed by atoms with Crippen molar-refractivity contribution in [1.82, 2.24) is 30.0 Å². The molecule has 3 aromatic heterocycles. The maximum atomic E-state index is 14.1. The van der Waals surface area contributed by atoms with Crippen molar-refractivity contribution in [2.45, 2.75) is 0 Å². The smallest absolute Gasteiger partial charge is 0.188 e. The van der Waals surface area contributed by atoms with E-state index in [0.29, 0.717) is 22.9 Å². The molecule has 5 rings (SSSR count). The van der Waals surface area contributed by atoms with Gasteiger partial charge in [-0.15, -0.1) is 15.3 Å². The van der Waals surface area contributed by atoms with E-state index in [2.05, 4.69) is 30.8 Å². The summed E-state index contributed by atoms with van der Waals surface area (Å²) in [6.07, 6.45) is 1.76. The van der Waals surface area contributed by atoms with Gasteiger partial charge in [0.2, 0.25) is 0 Å². The molecule has 0 aliphatic rings. The minimum Gasteiger partial charge on any atom is -0.339 e. The molecular weight excluding hydrogens is 333 g/mol. The van der Waals surface area contributed by atoms with Gasteiger partial charge in [-0.2, -0.15) is 9.61 Å². The van der Waals surface area contributed by atoms with Crippen molar-refractivity contribution < 1.29 is 4.39 Å². The zero-order chi connectivity index (χ0) is 17.5. The van der Waals surface area contributed by atoms with Crippen LogP contribution in [0.15, 0.2) is 60.8 Å². The first-order chi connectivity index (χ1) is 12.8. The summed E-state index contributed by atoms with van der Waals surface area (Å²) in [7, 11) is 0. The van der Waals surface area contributed by atoms with Crippen LogP contribution >= 0.6 is 0 Å². The monoisotopic (exact) mass is 345 g/mol. The molecule has 8 heteroatoms. The number of aromatic amines is 1. The second-order valence-corrected chi connectivity index (χ2v) is 5.79. The van der Waals surface area contributed by atoms with Crippen LogP contribution in [0.4, 0.5) is 15.9 Å². The van der Waals surface area contributed by atoms with E-state index in [1.54, 1.807) is 36.5 Å². The Morgan fingerprint density at radius 2 is 1.92 bits per heavy atom. The molecule has 0 saturated heterocycles. The second-order valence-electron chi connectivity index (χ2n) is 5.79. The van der Waals surface area contributed by atoms with Gasteiger partial charge < -0.3 is 5.32 Å². The fourth-order valence-electron chi connectivity index (χ4n) is 2.83. The number of hydrogen-bond donors (Lipinski definition) is 2. The summed E-state index contributed by atoms with van der Waals surface area (Å²) in [5.41, 5.74) is 2.72. The third kappa shape index (κ3) is 2.35. The van der Waals surface area contributed by atoms with Gasteiger partial charge in [-0.25, -0.2) is 4.39 Å². The first-order valence-corrected chi connectivity index (χ1v) is 7.95. The van der Waals surface area contributed by atoms with Crippen LogP contribution in [-0.4, -0.2) is 30.0 Å². The molecule has 0 radical (unpaired) electrons. The minimum absolute atomic E-state index is 0.351. The van der Waals surface area contributed by atoms with E-state index in [9.17, 15) is 4.39 Å². The van der Waals surface area contributed by atoms with E-state index in [0.717, 1.165) is 16.6 Å². The molecule has 0 amide bonds. The Morgan fingerprint density at radius 3 is 2.85 bits per heavy atom. The normalized spacial score (nSPS) is 11.3. The molecule has 0 aliphatic heterocycles. The Kier molecular flexibility index (Phi) is 3.14. The summed E-state index contributed by atoms with van der Waals surface area (Å²) < 4.78 is 15.6. The van der Waals surface area contributed by atoms with Gasteiger partial charge >= 0.3 is 0 Å². The molecule has 0 saturated carbocycles. The van der Waals surface area contributed by atoms with E-state index in [1.165, 1.54) is 10.6 Å². The van der Waals surface area contributed by atoms with Crippen molar-refractivity contribution in [3.63, 3.8) is 0 Å². The molecule has 26 heavy (non-hydrogen) atoms. The Morgan fingerprint density at radius 1 is 1.00 bits per heavy atom. The number of aromatic nitrogens is 6. The quantitative estimate of drug-likeness (QED) is 0.522. The Hall–Kier alpha value is -3.81. The molecule has 0 fully saturated rings. The molecule has 0 aliphatic carbocycles. The summed E-state index contributed by atoms with van der Waals surface area (Å²) in [5, 5.41) is 23.8. The first-order valence-electron chi connectivity index (χ1n) is 7.95. The van der Waals surface area contributed by atoms with Crippen LogP contribution < -0.4 is 5.32 Å². The number of benzene rings is 2. The van der Waals surface area contributed by atoms with Crippen molar-refractivity contribution >= 4 is 28.1 Å². The lowest BCUT2D eigenvalue weighted by Gasteiger charge is -2.07. The molecule has 7 nitrogen and oxygen atoms in total. The molecule has 0 bridgehead atoms. The lowest BCUT2D eigenvalue weighted by atomic mass is 10.2. The largest absolute Gasteiger partial charge is 0.339 e. The average molecular weight is 345 g/mol. The third-order valence-electron chi connectivity index (χ3n) is 4.09. The van der Waals surface area contributed by atoms with Crippen LogP contribution in [0.1, 0.15) is 0 Å². The van der Waals surface area contributed by atoms with Gasteiger partial charge in [-0.3, -0.25) is 5.10 Å². The van der Waals surface area contributed by atoms with Crippen LogP contribution in [0.5, 0.6) is 0 Å². The molecule has 0 unspecified atom stereocenters. The molecule has 5 aromatic rings. The van der Waals surface area contributed by atoms with Gasteiger partial charge in [0.15, 0.2) is 17.3 Å². The molecule has 3 heterocycles. The van der Waals surface area contributed by atoms with Gasteiger partial charge in [-0.05, 0) is 42.5 Å². The van der Waals surface area contributed by atoms with Crippen molar-refractivity contribution in [3.05, 3.63) is 66.6 Å². The molecule has 0 atom stereocenters. The van der Waals surface area contributed by atoms with Gasteiger partial charge in [0.05, 0.1) is 17.3 Å². The molecule has 0 spiro atoms. The van der Waals surface area contributed by atoms with Gasteiger partial charge in [0.1, 0.15) is 5.82 Å². The predicted molar refractivity (Wildman–Crippen MR) is 95.6 cm³/mol. The zero-order valence-electron chi connectivity index (χ0n) is 13.4. The SMILES string of the molecule is Fc1ccccc1-c1nnc2ccc(Nc3ccc4[nH]ncc4c3)nn12. The van der Waals surface area contributed by atoms with Gasteiger partial charge in [0.25, 0.3) is 0 Å². The summed E-state index contributed by atoms with van der Waals surface area (Å²) in [6.45, 7) is 0. The lowest BCUT2D eigenvalue weighted by Crippen LogP contribution is -2.01. The number of nitrogens with zero attached hydrogens (tertiary/aromatic N) is 5. The van der Waals surface area contributed by atoms with Crippen LogP contribution in [0.2, 0.25) is 0 Å². The highest BCUT2D eigenvalue weighted by Crippen LogP contribution is 2.23. The van der Waals surface area contributed by atoms with Crippen molar-refractivity contribution in [1.29, 1.82) is 0 Å². The maximum Gasteiger partial charge on any atom is 0.188 e. The van der Waals surface area contributed by atoms with Crippen LogP contribution in [0, 0.1) is 5.82 Å². The van der Waals surface area contributed by atoms with E-state index in [-0.39, 0.29) is 5.82 Å². The van der Waals surface area contributed by atoms with Gasteiger partial charge in [-0.1, -0.05) is 12.1 Å². The second kappa shape index (κ2) is 5.62. The number of rotatable bonds is 3. The minimum atomic E-state index is -0.368. The van der Waals surface area contributed by atoms with E-state index < -0.39 is 0 Å². The summed E-state index contributed by atoms with van der Waals surface area (Å²) in [6, 6.07) is 15.8. The molecule has 2 N–H and O–H groups in total. The zero-order valence-corrected chi connectivity index (χ0v) is 13.4. The number of fused-ring (bicyclic) bond motifs is 2. The molecule has 126 valence electrons. The summed E-state index contributed by atoms with van der Waals surface area (Å²) in [4.78, 5) is 0. The lowest BCUT2D eigenvalue weighted by molar-refractivity contribution is 0.629. The van der Waals surface area contributed by atoms with Crippen LogP contribution in [0.25, 0.3) is 27.9 Å². The van der Waals surface area contributed by atoms with Crippen LogP contribution in [-0.2, 0) is 0 Å². The topological polar surface area (TPSA) is 83.8 Å². The highest BCUT2D eigenvalue weighted by atomic mass is 19.1. The Balaban J connectivity index is 1.56. The molecular formula is C18H12FN7. The molecule has 2 aromatic carbocycles. The Bertz CT molecular complexity index is 1240. The highest BCUT2D eigenvalue weighted by molar-refractivity contribution is 5.82. The third-order valence-corrected chi connectivity index (χ3v) is 4.09. The maximum absolute atomic E-state index is 14.1. The Labute approximate surface area is 146 Å². The predicted octanol–water partition coefficient (Wildman–Crippen LogP) is 3.55. The van der Waals surface area contributed by atoms with Crippen molar-refractivity contribution in [3.8, 4) is 11.4 Å². The first kappa shape index (κ1) is 14.5. The average Bonchev–Trinajstić information content (AvgIpc) is 3.28. The number of hydrogen-bond acceptors (Lipinski definition) is 5. The van der Waals surface area contributed by atoms with E-state index in [4.69, 9.17) is 0 Å². The van der Waals surface area contributed by atoms with E-state index >= 15 is 0 Å². The number of H-pyrrole nitrogens is 1. The highest BCUT2D eigenvalue weighted by Gasteiger charge is 2.13. The van der Waals surface area contributed by atoms with Crippen molar-refractivity contribution in [2.24, 2.45) is 0 Å². The fourth-order valence-corrected chi connectivity index (χ4v) is 2.83. The number of anilines is 2. The van der Waals surface area contributed by atoms with E-state index in [1.807, 2.05) is 18.2 Å². The summed E-state index contributed by atoms with van der Waals surface area (Å²) in [5.74, 6) is 0.581. The summed E-state index contributed by atoms with van der Waals surface area (Å²) >= 11 is 0.